The average molecular weight is 267 g/mol. The smallest absolute Gasteiger partial charge is 0.308 e. The van der Waals surface area contributed by atoms with Crippen molar-refractivity contribution in [2.45, 2.75) is 35.4 Å². The van der Waals surface area contributed by atoms with Gasteiger partial charge in [0.1, 0.15) is 5.25 Å². The third-order valence-corrected chi connectivity index (χ3v) is 5.22. The molecule has 1 saturated carbocycles. The van der Waals surface area contributed by atoms with Crippen LogP contribution in [-0.4, -0.2) is 26.9 Å². The molecular formula is C13H17NO3S. The summed E-state index contributed by atoms with van der Waals surface area (Å²) in [6.45, 7) is 0. The van der Waals surface area contributed by atoms with E-state index in [9.17, 15) is 9.35 Å². The zero-order valence-electron chi connectivity index (χ0n) is 9.99. The molecule has 0 heterocycles. The molecule has 0 amide bonds. The Bertz CT molecular complexity index is 412. The Morgan fingerprint density at radius 3 is 2.61 bits per heavy atom. The van der Waals surface area contributed by atoms with E-state index in [1.807, 2.05) is 30.3 Å². The van der Waals surface area contributed by atoms with E-state index in [4.69, 9.17) is 10.8 Å². The molecule has 0 aromatic heterocycles. The number of hydrogen-bond acceptors (Lipinski definition) is 3. The number of hydrogen-bond donors (Lipinski definition) is 2. The number of benzene rings is 1. The van der Waals surface area contributed by atoms with Crippen molar-refractivity contribution in [2.24, 2.45) is 11.7 Å². The van der Waals surface area contributed by atoms with Crippen molar-refractivity contribution in [3.63, 3.8) is 0 Å². The minimum absolute atomic E-state index is 0.103. The van der Waals surface area contributed by atoms with Gasteiger partial charge in [-0.05, 0) is 36.2 Å². The molecule has 1 aliphatic carbocycles. The van der Waals surface area contributed by atoms with Crippen molar-refractivity contribution in [1.82, 2.24) is 0 Å². The molecule has 0 saturated heterocycles. The largest absolute Gasteiger partial charge is 0.611 e. The third kappa shape index (κ3) is 2.85. The van der Waals surface area contributed by atoms with Gasteiger partial charge in [-0.25, -0.2) is 0 Å². The fourth-order valence-electron chi connectivity index (χ4n) is 2.38. The van der Waals surface area contributed by atoms with Crippen LogP contribution >= 0.6 is 0 Å². The summed E-state index contributed by atoms with van der Waals surface area (Å²) in [7, 11) is 0. The summed E-state index contributed by atoms with van der Waals surface area (Å²) in [5.41, 5.74) is 5.80. The lowest BCUT2D eigenvalue weighted by molar-refractivity contribution is -0.143. The van der Waals surface area contributed by atoms with Crippen LogP contribution in [0.25, 0.3) is 0 Å². The molecule has 4 atom stereocenters. The Morgan fingerprint density at radius 1 is 1.33 bits per heavy atom. The van der Waals surface area contributed by atoms with Crippen molar-refractivity contribution in [3.8, 4) is 0 Å². The molecule has 2 rings (SSSR count). The quantitative estimate of drug-likeness (QED) is 0.810. The van der Waals surface area contributed by atoms with E-state index in [-0.39, 0.29) is 11.3 Å². The van der Waals surface area contributed by atoms with Crippen molar-refractivity contribution < 1.29 is 14.5 Å². The average Bonchev–Trinajstić information content (AvgIpc) is 2.39. The van der Waals surface area contributed by atoms with Gasteiger partial charge in [0.2, 0.25) is 0 Å². The maximum Gasteiger partial charge on any atom is 0.308 e. The lowest BCUT2D eigenvalue weighted by atomic mass is 9.85. The first-order valence-electron chi connectivity index (χ1n) is 6.03. The highest BCUT2D eigenvalue weighted by atomic mass is 32.2. The monoisotopic (exact) mass is 267 g/mol. The van der Waals surface area contributed by atoms with E-state index in [1.54, 1.807) is 0 Å². The van der Waals surface area contributed by atoms with Crippen molar-refractivity contribution in [2.75, 3.05) is 0 Å². The number of carboxylic acids is 1. The summed E-state index contributed by atoms with van der Waals surface area (Å²) in [6.07, 6.45) is 1.75. The van der Waals surface area contributed by atoms with Crippen LogP contribution in [-0.2, 0) is 16.0 Å². The Balaban J connectivity index is 2.08. The van der Waals surface area contributed by atoms with E-state index in [0.29, 0.717) is 12.8 Å². The minimum atomic E-state index is -1.14. The van der Waals surface area contributed by atoms with Crippen LogP contribution < -0.4 is 5.73 Å². The van der Waals surface area contributed by atoms with Gasteiger partial charge in [0.15, 0.2) is 4.90 Å². The van der Waals surface area contributed by atoms with Gasteiger partial charge >= 0.3 is 5.97 Å². The first-order valence-corrected chi connectivity index (χ1v) is 7.25. The van der Waals surface area contributed by atoms with Crippen LogP contribution in [0, 0.1) is 5.92 Å². The van der Waals surface area contributed by atoms with Gasteiger partial charge < -0.3 is 15.4 Å². The van der Waals surface area contributed by atoms with Crippen LogP contribution in [0.3, 0.4) is 0 Å². The van der Waals surface area contributed by atoms with Crippen LogP contribution in [0.1, 0.15) is 19.3 Å². The summed E-state index contributed by atoms with van der Waals surface area (Å²) in [6, 6.07) is 8.89. The number of carbonyl (C=O) groups is 1. The molecular weight excluding hydrogens is 250 g/mol. The molecule has 1 aromatic rings. The van der Waals surface area contributed by atoms with Gasteiger partial charge in [0, 0.05) is 12.5 Å². The molecule has 1 fully saturated rings. The lowest BCUT2D eigenvalue weighted by Gasteiger charge is -2.32. The second-order valence-electron chi connectivity index (χ2n) is 4.65. The van der Waals surface area contributed by atoms with Crippen LogP contribution in [0.4, 0.5) is 0 Å². The normalized spacial score (nSPS) is 29.8. The number of nitrogens with two attached hydrogens (primary N) is 1. The van der Waals surface area contributed by atoms with Crippen molar-refractivity contribution >= 4 is 17.1 Å². The van der Waals surface area contributed by atoms with Crippen LogP contribution in [0.15, 0.2) is 35.2 Å². The number of rotatable bonds is 3. The first-order chi connectivity index (χ1) is 8.59. The Hall–Kier alpha value is -1.04. The van der Waals surface area contributed by atoms with E-state index in [1.165, 1.54) is 0 Å². The van der Waals surface area contributed by atoms with Gasteiger partial charge in [-0.2, -0.15) is 0 Å². The maximum absolute atomic E-state index is 12.4. The van der Waals surface area contributed by atoms with Gasteiger partial charge in [0.25, 0.3) is 0 Å². The second-order valence-corrected chi connectivity index (χ2v) is 6.39. The molecule has 0 aliphatic heterocycles. The molecule has 1 aliphatic rings. The van der Waals surface area contributed by atoms with E-state index in [2.05, 4.69) is 0 Å². The van der Waals surface area contributed by atoms with Gasteiger partial charge in [0.05, 0.1) is 5.92 Å². The summed E-state index contributed by atoms with van der Waals surface area (Å²) in [4.78, 5) is 11.9. The van der Waals surface area contributed by atoms with Gasteiger partial charge in [-0.15, -0.1) is 0 Å². The lowest BCUT2D eigenvalue weighted by Crippen LogP contribution is -2.44. The highest BCUT2D eigenvalue weighted by molar-refractivity contribution is 7.92. The maximum atomic E-state index is 12.4. The van der Waals surface area contributed by atoms with E-state index < -0.39 is 23.1 Å². The Kier molecular flexibility index (Phi) is 4.27. The molecule has 3 N–H and O–H groups in total. The van der Waals surface area contributed by atoms with Crippen LogP contribution in [0.5, 0.6) is 0 Å². The Labute approximate surface area is 109 Å². The number of carboxylic acid groups (broad SMARTS) is 1. The molecule has 18 heavy (non-hydrogen) atoms. The summed E-state index contributed by atoms with van der Waals surface area (Å²) in [5, 5.41) is 9.00. The first kappa shape index (κ1) is 13.4. The summed E-state index contributed by atoms with van der Waals surface area (Å²) >= 11 is -1.14. The summed E-state index contributed by atoms with van der Waals surface area (Å²) < 4.78 is 12.4. The molecule has 1 aromatic carbocycles. The van der Waals surface area contributed by atoms with Gasteiger partial charge in [-0.3, -0.25) is 4.79 Å². The molecule has 0 spiro atoms. The zero-order valence-corrected chi connectivity index (χ0v) is 10.8. The fourth-order valence-corrected chi connectivity index (χ4v) is 3.92. The highest BCUT2D eigenvalue weighted by Crippen LogP contribution is 2.31. The van der Waals surface area contributed by atoms with Crippen molar-refractivity contribution in [1.29, 1.82) is 0 Å². The SMILES string of the molecule is NC1CCC([S+]([O-])c2ccccc2)CC1C(=O)O. The molecule has 4 unspecified atom stereocenters. The summed E-state index contributed by atoms with van der Waals surface area (Å²) in [5.74, 6) is -1.45. The van der Waals surface area contributed by atoms with Crippen molar-refractivity contribution in [3.05, 3.63) is 30.3 Å². The predicted molar refractivity (Wildman–Crippen MR) is 69.6 cm³/mol. The van der Waals surface area contributed by atoms with E-state index >= 15 is 0 Å². The highest BCUT2D eigenvalue weighted by Gasteiger charge is 2.38. The standard InChI is InChI=1S/C13H17NO3S/c14-12-7-6-10(8-11(12)13(15)16)18(17)9-4-2-1-3-5-9/h1-5,10-12H,6-8,14H2,(H,15,16). The third-order valence-electron chi connectivity index (χ3n) is 3.45. The molecule has 5 heteroatoms. The minimum Gasteiger partial charge on any atom is -0.611 e. The molecule has 98 valence electrons. The zero-order chi connectivity index (χ0) is 13.1. The predicted octanol–water partition coefficient (Wildman–Crippen LogP) is 1.37. The molecule has 4 nitrogen and oxygen atoms in total. The molecule has 0 bridgehead atoms. The van der Waals surface area contributed by atoms with Crippen LogP contribution in [0.2, 0.25) is 0 Å². The Morgan fingerprint density at radius 2 is 2.00 bits per heavy atom. The topological polar surface area (TPSA) is 86.4 Å². The second kappa shape index (κ2) is 5.73. The number of aliphatic carboxylic acids is 1. The van der Waals surface area contributed by atoms with Gasteiger partial charge in [-0.1, -0.05) is 18.2 Å². The molecule has 0 radical (unpaired) electrons. The van der Waals surface area contributed by atoms with E-state index in [0.717, 1.165) is 11.3 Å². The fraction of sp³-hybridized carbons (Fsp3) is 0.462.